The summed E-state index contributed by atoms with van der Waals surface area (Å²) < 4.78 is 5.34. The van der Waals surface area contributed by atoms with Gasteiger partial charge in [0.1, 0.15) is 10.6 Å². The van der Waals surface area contributed by atoms with Crippen LogP contribution in [-0.2, 0) is 14.3 Å². The number of hydrogen-bond acceptors (Lipinski definition) is 5. The van der Waals surface area contributed by atoms with Crippen molar-refractivity contribution in [2.45, 2.75) is 26.2 Å². The molecule has 1 amide bonds. The molecule has 0 spiro atoms. The number of thiophene rings is 1. The predicted octanol–water partition coefficient (Wildman–Crippen LogP) is 5.43. The first kappa shape index (κ1) is 21.6. The SMILES string of the molecule is CCOC(=O)c1c(-c2cccc3ccccc23)csc1NC(=O)[C@H]1[C@H]2CC[C@@H](C2)[C@@H]1C(=O)O. The lowest BCUT2D eigenvalue weighted by Gasteiger charge is -2.27. The summed E-state index contributed by atoms with van der Waals surface area (Å²) in [7, 11) is 0. The Kier molecular flexibility index (Phi) is 5.66. The van der Waals surface area contributed by atoms with Gasteiger partial charge in [-0.1, -0.05) is 42.5 Å². The third-order valence-electron chi connectivity index (χ3n) is 7.09. The fraction of sp³-hybridized carbons (Fsp3) is 0.346. The fourth-order valence-electron chi connectivity index (χ4n) is 5.73. The van der Waals surface area contributed by atoms with Gasteiger partial charge in [0.2, 0.25) is 5.91 Å². The lowest BCUT2D eigenvalue weighted by atomic mass is 9.78. The van der Waals surface area contributed by atoms with Gasteiger partial charge < -0.3 is 15.2 Å². The highest BCUT2D eigenvalue weighted by Gasteiger charge is 2.54. The minimum Gasteiger partial charge on any atom is -0.481 e. The van der Waals surface area contributed by atoms with Gasteiger partial charge in [-0.15, -0.1) is 11.3 Å². The van der Waals surface area contributed by atoms with Crippen molar-refractivity contribution in [2.75, 3.05) is 11.9 Å². The van der Waals surface area contributed by atoms with Gasteiger partial charge in [-0.3, -0.25) is 9.59 Å². The molecule has 2 bridgehead atoms. The number of carboxylic acid groups (broad SMARTS) is 1. The number of nitrogens with one attached hydrogen (secondary N) is 1. The van der Waals surface area contributed by atoms with Crippen molar-refractivity contribution in [3.05, 3.63) is 53.4 Å². The Morgan fingerprint density at radius 1 is 1.03 bits per heavy atom. The second-order valence-corrected chi connectivity index (χ2v) is 9.69. The van der Waals surface area contributed by atoms with Crippen molar-refractivity contribution in [3.8, 4) is 11.1 Å². The van der Waals surface area contributed by atoms with E-state index in [1.165, 1.54) is 11.3 Å². The monoisotopic (exact) mass is 463 g/mol. The van der Waals surface area contributed by atoms with E-state index in [1.54, 1.807) is 6.92 Å². The summed E-state index contributed by atoms with van der Waals surface area (Å²) in [5.41, 5.74) is 1.91. The minimum atomic E-state index is -0.907. The molecule has 4 atom stereocenters. The maximum Gasteiger partial charge on any atom is 0.341 e. The maximum atomic E-state index is 13.3. The first-order valence-electron chi connectivity index (χ1n) is 11.3. The van der Waals surface area contributed by atoms with E-state index in [0.717, 1.165) is 35.6 Å². The summed E-state index contributed by atoms with van der Waals surface area (Å²) in [5.74, 6) is -2.81. The van der Waals surface area contributed by atoms with E-state index in [0.29, 0.717) is 16.1 Å². The predicted molar refractivity (Wildman–Crippen MR) is 127 cm³/mol. The van der Waals surface area contributed by atoms with E-state index in [-0.39, 0.29) is 24.3 Å². The average molecular weight is 464 g/mol. The second kappa shape index (κ2) is 8.63. The summed E-state index contributed by atoms with van der Waals surface area (Å²) in [4.78, 5) is 38.2. The number of esters is 1. The first-order chi connectivity index (χ1) is 16.0. The smallest absolute Gasteiger partial charge is 0.341 e. The molecule has 170 valence electrons. The summed E-state index contributed by atoms with van der Waals surface area (Å²) in [6.07, 6.45) is 2.53. The van der Waals surface area contributed by atoms with Crippen molar-refractivity contribution in [2.24, 2.45) is 23.7 Å². The Balaban J connectivity index is 1.53. The number of carbonyl (C=O) groups excluding carboxylic acids is 2. The Bertz CT molecular complexity index is 1240. The Labute approximate surface area is 195 Å². The Hall–Kier alpha value is -3.19. The van der Waals surface area contributed by atoms with E-state index in [1.807, 2.05) is 47.8 Å². The Morgan fingerprint density at radius 3 is 2.52 bits per heavy atom. The number of carbonyl (C=O) groups is 3. The van der Waals surface area contributed by atoms with Gasteiger partial charge in [-0.25, -0.2) is 4.79 Å². The number of benzene rings is 2. The normalized spacial score (nSPS) is 23.5. The van der Waals surface area contributed by atoms with Crippen molar-refractivity contribution in [3.63, 3.8) is 0 Å². The standard InChI is InChI=1S/C26H25NO5S/c1-2-32-26(31)22-19(18-9-5-7-14-6-3-4-8-17(14)18)13-33-24(22)27-23(28)20-15-10-11-16(12-15)21(20)25(29)30/h3-9,13,15-16,20-21H,2,10-12H2,1H3,(H,27,28)(H,29,30)/t15-,16-,20-,21-/m0/s1. The zero-order chi connectivity index (χ0) is 23.1. The molecular weight excluding hydrogens is 438 g/mol. The summed E-state index contributed by atoms with van der Waals surface area (Å²) in [6.45, 7) is 1.96. The van der Waals surface area contributed by atoms with E-state index in [2.05, 4.69) is 5.32 Å². The molecule has 7 heteroatoms. The highest BCUT2D eigenvalue weighted by atomic mass is 32.1. The molecule has 2 aromatic carbocycles. The van der Waals surface area contributed by atoms with Crippen LogP contribution in [0.15, 0.2) is 47.8 Å². The number of aliphatic carboxylic acids is 1. The molecule has 2 fully saturated rings. The summed E-state index contributed by atoms with van der Waals surface area (Å²) in [5, 5.41) is 17.0. The number of anilines is 1. The van der Waals surface area contributed by atoms with Crippen LogP contribution in [0.2, 0.25) is 0 Å². The molecule has 2 aliphatic carbocycles. The molecular formula is C26H25NO5S. The van der Waals surface area contributed by atoms with Crippen LogP contribution in [0.5, 0.6) is 0 Å². The maximum absolute atomic E-state index is 13.3. The lowest BCUT2D eigenvalue weighted by Crippen LogP contribution is -2.37. The molecule has 1 aromatic heterocycles. The molecule has 5 rings (SSSR count). The van der Waals surface area contributed by atoms with Gasteiger partial charge in [0.15, 0.2) is 0 Å². The second-order valence-electron chi connectivity index (χ2n) is 8.81. The summed E-state index contributed by atoms with van der Waals surface area (Å²) in [6, 6.07) is 13.8. The van der Waals surface area contributed by atoms with Crippen LogP contribution < -0.4 is 5.32 Å². The zero-order valence-electron chi connectivity index (χ0n) is 18.2. The average Bonchev–Trinajstić information content (AvgIpc) is 3.53. The third kappa shape index (κ3) is 3.70. The summed E-state index contributed by atoms with van der Waals surface area (Å²) >= 11 is 1.27. The number of fused-ring (bicyclic) bond motifs is 3. The van der Waals surface area contributed by atoms with Gasteiger partial charge in [0.05, 0.1) is 18.4 Å². The van der Waals surface area contributed by atoms with E-state index in [4.69, 9.17) is 4.74 Å². The molecule has 3 aromatic rings. The molecule has 0 aliphatic heterocycles. The molecule has 33 heavy (non-hydrogen) atoms. The van der Waals surface area contributed by atoms with Crippen molar-refractivity contribution < 1.29 is 24.2 Å². The van der Waals surface area contributed by atoms with E-state index in [9.17, 15) is 19.5 Å². The van der Waals surface area contributed by atoms with Crippen LogP contribution in [0.3, 0.4) is 0 Å². The van der Waals surface area contributed by atoms with Crippen LogP contribution >= 0.6 is 11.3 Å². The van der Waals surface area contributed by atoms with Crippen LogP contribution in [0.25, 0.3) is 21.9 Å². The first-order valence-corrected chi connectivity index (χ1v) is 12.2. The highest BCUT2D eigenvalue weighted by molar-refractivity contribution is 7.15. The number of amides is 1. The third-order valence-corrected chi connectivity index (χ3v) is 7.99. The molecule has 1 heterocycles. The quantitative estimate of drug-likeness (QED) is 0.476. The number of rotatable bonds is 6. The van der Waals surface area contributed by atoms with Crippen LogP contribution in [0.1, 0.15) is 36.5 Å². The zero-order valence-corrected chi connectivity index (χ0v) is 19.1. The molecule has 2 N–H and O–H groups in total. The van der Waals surface area contributed by atoms with Crippen LogP contribution in [0.4, 0.5) is 5.00 Å². The molecule has 6 nitrogen and oxygen atoms in total. The van der Waals surface area contributed by atoms with Crippen molar-refractivity contribution in [1.82, 2.24) is 0 Å². The van der Waals surface area contributed by atoms with Crippen LogP contribution in [-0.4, -0.2) is 29.6 Å². The number of carboxylic acids is 1. The highest BCUT2D eigenvalue weighted by Crippen LogP contribution is 2.53. The fourth-order valence-corrected chi connectivity index (χ4v) is 6.68. The molecule has 0 radical (unpaired) electrons. The largest absolute Gasteiger partial charge is 0.481 e. The minimum absolute atomic E-state index is 0.0577. The van der Waals surface area contributed by atoms with Crippen molar-refractivity contribution in [1.29, 1.82) is 0 Å². The number of hydrogen-bond donors (Lipinski definition) is 2. The topological polar surface area (TPSA) is 92.7 Å². The molecule has 2 aliphatic rings. The van der Waals surface area contributed by atoms with Gasteiger partial charge in [-0.2, -0.15) is 0 Å². The van der Waals surface area contributed by atoms with Crippen molar-refractivity contribution >= 4 is 45.0 Å². The van der Waals surface area contributed by atoms with Gasteiger partial charge in [-0.05, 0) is 54.4 Å². The van der Waals surface area contributed by atoms with E-state index >= 15 is 0 Å². The number of ether oxygens (including phenoxy) is 1. The lowest BCUT2D eigenvalue weighted by molar-refractivity contribution is -0.148. The van der Waals surface area contributed by atoms with Gasteiger partial charge in [0, 0.05) is 10.9 Å². The van der Waals surface area contributed by atoms with Gasteiger partial charge in [0.25, 0.3) is 0 Å². The molecule has 2 saturated carbocycles. The Morgan fingerprint density at radius 2 is 1.76 bits per heavy atom. The van der Waals surface area contributed by atoms with E-state index < -0.39 is 23.8 Å². The molecule has 0 saturated heterocycles. The van der Waals surface area contributed by atoms with Crippen LogP contribution in [0, 0.1) is 23.7 Å². The van der Waals surface area contributed by atoms with Gasteiger partial charge >= 0.3 is 11.9 Å². The molecule has 0 unspecified atom stereocenters.